The summed E-state index contributed by atoms with van der Waals surface area (Å²) in [7, 11) is -2.85. The van der Waals surface area contributed by atoms with Crippen molar-refractivity contribution in [3.63, 3.8) is 0 Å². The number of methoxy groups -OCH3 is 1. The third-order valence-electron chi connectivity index (χ3n) is 3.51. The number of alkyl halides is 2. The molecule has 0 spiro atoms. The van der Waals surface area contributed by atoms with E-state index in [0.29, 0.717) is 0 Å². The molecule has 1 N–H and O–H groups in total. The lowest BCUT2D eigenvalue weighted by Crippen LogP contribution is -2.33. The van der Waals surface area contributed by atoms with E-state index >= 15 is 0 Å². The number of para-hydroxylation sites is 1. The standard InChI is InChI=1S/C15H16F3N3O4S/c1-21(26(23,24)15(17)18)14-9(4-3-5-11(14)16)6-12-19-10(8-22)7-13(20-12)25-2/h3-5,7,15,22H,6,8H2,1-2H3. The van der Waals surface area contributed by atoms with E-state index in [2.05, 4.69) is 9.97 Å². The molecule has 0 unspecified atom stereocenters. The Labute approximate surface area is 148 Å². The first-order valence-electron chi connectivity index (χ1n) is 7.25. The molecule has 142 valence electrons. The van der Waals surface area contributed by atoms with E-state index in [1.807, 2.05) is 0 Å². The highest BCUT2D eigenvalue weighted by atomic mass is 32.2. The highest BCUT2D eigenvalue weighted by Gasteiger charge is 2.32. The number of anilines is 1. The molecular formula is C15H16F3N3O4S. The highest BCUT2D eigenvalue weighted by Crippen LogP contribution is 2.29. The summed E-state index contributed by atoms with van der Waals surface area (Å²) >= 11 is 0. The summed E-state index contributed by atoms with van der Waals surface area (Å²) in [5, 5.41) is 9.23. The summed E-state index contributed by atoms with van der Waals surface area (Å²) in [5.41, 5.74) is -0.211. The van der Waals surface area contributed by atoms with Crippen molar-refractivity contribution in [3.05, 3.63) is 47.2 Å². The monoisotopic (exact) mass is 391 g/mol. The van der Waals surface area contributed by atoms with Crippen LogP contribution in [0.25, 0.3) is 0 Å². The van der Waals surface area contributed by atoms with E-state index in [9.17, 15) is 26.7 Å². The molecule has 0 atom stereocenters. The Morgan fingerprint density at radius 2 is 2.00 bits per heavy atom. The van der Waals surface area contributed by atoms with Crippen LogP contribution in [-0.2, 0) is 23.1 Å². The van der Waals surface area contributed by atoms with E-state index < -0.39 is 33.9 Å². The van der Waals surface area contributed by atoms with Gasteiger partial charge in [0.1, 0.15) is 11.6 Å². The lowest BCUT2D eigenvalue weighted by Gasteiger charge is -2.22. The Morgan fingerprint density at radius 1 is 1.31 bits per heavy atom. The third-order valence-corrected chi connectivity index (χ3v) is 4.91. The summed E-state index contributed by atoms with van der Waals surface area (Å²) in [5.74, 6) is -4.44. The number of aromatic nitrogens is 2. The van der Waals surface area contributed by atoms with Gasteiger partial charge in [0.05, 0.1) is 25.1 Å². The molecule has 0 saturated carbocycles. The lowest BCUT2D eigenvalue weighted by molar-refractivity contribution is 0.234. The minimum absolute atomic E-state index is 0.0777. The Kier molecular flexibility index (Phi) is 6.03. The molecule has 0 aliphatic carbocycles. The maximum atomic E-state index is 14.2. The number of hydrogen-bond donors (Lipinski definition) is 1. The second kappa shape index (κ2) is 7.87. The van der Waals surface area contributed by atoms with Crippen LogP contribution in [0.1, 0.15) is 17.1 Å². The van der Waals surface area contributed by atoms with Gasteiger partial charge in [0.25, 0.3) is 10.0 Å². The SMILES string of the molecule is COc1cc(CO)nc(Cc2cccc(F)c2N(C)S(=O)(=O)C(F)F)n1. The summed E-state index contributed by atoms with van der Waals surface area (Å²) in [6.45, 7) is -0.401. The van der Waals surface area contributed by atoms with Gasteiger partial charge in [0.15, 0.2) is 0 Å². The first kappa shape index (κ1) is 19.9. The molecule has 0 amide bonds. The van der Waals surface area contributed by atoms with Gasteiger partial charge in [-0.25, -0.2) is 17.8 Å². The van der Waals surface area contributed by atoms with Crippen LogP contribution >= 0.6 is 0 Å². The lowest BCUT2D eigenvalue weighted by atomic mass is 10.1. The zero-order valence-corrected chi connectivity index (χ0v) is 14.7. The molecule has 2 aromatic rings. The second-order valence-electron chi connectivity index (χ2n) is 5.17. The summed E-state index contributed by atoms with van der Waals surface area (Å²) < 4.78 is 68.5. The third kappa shape index (κ3) is 4.05. The molecule has 26 heavy (non-hydrogen) atoms. The van der Waals surface area contributed by atoms with Gasteiger partial charge in [0.2, 0.25) is 5.88 Å². The number of aliphatic hydroxyl groups excluding tert-OH is 1. The number of halogens is 3. The van der Waals surface area contributed by atoms with Gasteiger partial charge in [-0.1, -0.05) is 12.1 Å². The molecule has 0 aliphatic rings. The number of ether oxygens (including phenoxy) is 1. The molecule has 0 fully saturated rings. The summed E-state index contributed by atoms with van der Waals surface area (Å²) in [4.78, 5) is 8.08. The zero-order valence-electron chi connectivity index (χ0n) is 13.9. The molecule has 1 aromatic heterocycles. The molecule has 0 saturated heterocycles. The maximum Gasteiger partial charge on any atom is 0.355 e. The van der Waals surface area contributed by atoms with Gasteiger partial charge in [-0.15, -0.1) is 0 Å². The van der Waals surface area contributed by atoms with Crippen LogP contribution < -0.4 is 9.04 Å². The highest BCUT2D eigenvalue weighted by molar-refractivity contribution is 7.93. The van der Waals surface area contributed by atoms with E-state index in [-0.39, 0.29) is 33.7 Å². The van der Waals surface area contributed by atoms with Crippen molar-refractivity contribution in [3.8, 4) is 5.88 Å². The van der Waals surface area contributed by atoms with Crippen LogP contribution in [0.4, 0.5) is 18.9 Å². The van der Waals surface area contributed by atoms with Crippen molar-refractivity contribution < 1.29 is 31.4 Å². The number of sulfonamides is 1. The van der Waals surface area contributed by atoms with Crippen molar-refractivity contribution in [1.29, 1.82) is 0 Å². The summed E-state index contributed by atoms with van der Waals surface area (Å²) in [6, 6.07) is 5.03. The largest absolute Gasteiger partial charge is 0.481 e. The molecule has 2 rings (SSSR count). The van der Waals surface area contributed by atoms with Gasteiger partial charge in [0, 0.05) is 19.5 Å². The van der Waals surface area contributed by atoms with E-state index in [4.69, 9.17) is 4.74 Å². The zero-order chi connectivity index (χ0) is 19.5. The average molecular weight is 391 g/mol. The average Bonchev–Trinajstić information content (AvgIpc) is 2.60. The molecule has 7 nitrogen and oxygen atoms in total. The second-order valence-corrected chi connectivity index (χ2v) is 7.11. The Balaban J connectivity index is 2.51. The van der Waals surface area contributed by atoms with Crippen LogP contribution in [-0.4, -0.2) is 43.4 Å². The number of hydrogen-bond acceptors (Lipinski definition) is 6. The maximum absolute atomic E-state index is 14.2. The summed E-state index contributed by atoms with van der Waals surface area (Å²) in [6.07, 6.45) is -0.166. The Bertz CT molecular complexity index is 871. The quantitative estimate of drug-likeness (QED) is 0.772. The topological polar surface area (TPSA) is 92.6 Å². The molecule has 0 bridgehead atoms. The smallest absolute Gasteiger partial charge is 0.355 e. The predicted molar refractivity (Wildman–Crippen MR) is 87.0 cm³/mol. The first-order chi connectivity index (χ1) is 12.2. The number of rotatable bonds is 7. The van der Waals surface area contributed by atoms with Gasteiger partial charge in [-0.05, 0) is 11.6 Å². The fraction of sp³-hybridized carbons (Fsp3) is 0.333. The van der Waals surface area contributed by atoms with Crippen LogP contribution in [0.5, 0.6) is 5.88 Å². The molecular weight excluding hydrogens is 375 g/mol. The molecule has 1 heterocycles. The minimum atomic E-state index is -5.04. The van der Waals surface area contributed by atoms with Crippen molar-refractivity contribution >= 4 is 15.7 Å². The van der Waals surface area contributed by atoms with Gasteiger partial charge in [-0.2, -0.15) is 13.8 Å². The van der Waals surface area contributed by atoms with Crippen molar-refractivity contribution in [2.45, 2.75) is 18.8 Å². The fourth-order valence-corrected chi connectivity index (χ4v) is 2.96. The first-order valence-corrected chi connectivity index (χ1v) is 8.76. The normalized spacial score (nSPS) is 11.7. The predicted octanol–water partition coefficient (Wildman–Crippen LogP) is 1.70. The van der Waals surface area contributed by atoms with Crippen LogP contribution in [0.15, 0.2) is 24.3 Å². The van der Waals surface area contributed by atoms with Crippen LogP contribution in [0.2, 0.25) is 0 Å². The Morgan fingerprint density at radius 3 is 2.58 bits per heavy atom. The van der Waals surface area contributed by atoms with Crippen LogP contribution in [0.3, 0.4) is 0 Å². The van der Waals surface area contributed by atoms with Gasteiger partial charge in [-0.3, -0.25) is 4.31 Å². The van der Waals surface area contributed by atoms with Crippen molar-refractivity contribution in [2.24, 2.45) is 0 Å². The molecule has 1 aromatic carbocycles. The number of aliphatic hydroxyl groups is 1. The minimum Gasteiger partial charge on any atom is -0.481 e. The molecule has 0 radical (unpaired) electrons. The Hall–Kier alpha value is -2.40. The fourth-order valence-electron chi connectivity index (χ4n) is 2.26. The van der Waals surface area contributed by atoms with E-state index in [1.165, 1.54) is 25.3 Å². The molecule has 0 aliphatic heterocycles. The van der Waals surface area contributed by atoms with Crippen molar-refractivity contribution in [2.75, 3.05) is 18.5 Å². The van der Waals surface area contributed by atoms with Gasteiger partial charge < -0.3 is 9.84 Å². The number of benzene rings is 1. The van der Waals surface area contributed by atoms with E-state index in [0.717, 1.165) is 13.1 Å². The molecule has 11 heteroatoms. The van der Waals surface area contributed by atoms with Crippen LogP contribution in [0, 0.1) is 5.82 Å². The number of nitrogens with zero attached hydrogens (tertiary/aromatic N) is 3. The van der Waals surface area contributed by atoms with Gasteiger partial charge >= 0.3 is 5.76 Å². The van der Waals surface area contributed by atoms with E-state index in [1.54, 1.807) is 0 Å². The van der Waals surface area contributed by atoms with Crippen molar-refractivity contribution in [1.82, 2.24) is 9.97 Å².